The Morgan fingerprint density at radius 3 is 2.65 bits per heavy atom. The van der Waals surface area contributed by atoms with Gasteiger partial charge in [0.25, 0.3) is 0 Å². The number of nitrogens with zero attached hydrogens (tertiary/aromatic N) is 1. The molecule has 1 N–H and O–H groups in total. The Bertz CT molecular complexity index is 793. The van der Waals surface area contributed by atoms with E-state index in [0.29, 0.717) is 19.6 Å². The maximum Gasteiger partial charge on any atom is 0.303 e. The van der Waals surface area contributed by atoms with Gasteiger partial charge in [-0.3, -0.25) is 4.79 Å². The van der Waals surface area contributed by atoms with Crippen LogP contribution in [0.15, 0.2) is 60.8 Å². The van der Waals surface area contributed by atoms with Crippen LogP contribution in [0.25, 0.3) is 10.9 Å². The molecule has 0 aliphatic heterocycles. The molecule has 1 heterocycles. The molecule has 0 unspecified atom stereocenters. The Kier molecular flexibility index (Phi) is 4.62. The van der Waals surface area contributed by atoms with E-state index < -0.39 is 5.97 Å². The highest BCUT2D eigenvalue weighted by Gasteiger charge is 2.07. The highest BCUT2D eigenvalue weighted by Crippen LogP contribution is 2.27. The van der Waals surface area contributed by atoms with Crippen LogP contribution < -0.4 is 4.74 Å². The van der Waals surface area contributed by atoms with Crippen molar-refractivity contribution in [3.05, 3.63) is 66.4 Å². The number of hydrogen-bond acceptors (Lipinski definition) is 2. The van der Waals surface area contributed by atoms with Gasteiger partial charge in [-0.15, -0.1) is 0 Å². The van der Waals surface area contributed by atoms with Gasteiger partial charge >= 0.3 is 5.97 Å². The zero-order valence-corrected chi connectivity index (χ0v) is 12.8. The first-order chi connectivity index (χ1) is 11.2. The van der Waals surface area contributed by atoms with Crippen LogP contribution in [0.2, 0.25) is 0 Å². The Morgan fingerprint density at radius 2 is 1.87 bits per heavy atom. The molecule has 0 atom stereocenters. The van der Waals surface area contributed by atoms with Crippen molar-refractivity contribution in [3.8, 4) is 5.75 Å². The number of ether oxygens (including phenoxy) is 1. The lowest BCUT2D eigenvalue weighted by Crippen LogP contribution is -2.01. The molecule has 2 aromatic carbocycles. The zero-order chi connectivity index (χ0) is 16.1. The van der Waals surface area contributed by atoms with Crippen LogP contribution in [-0.4, -0.2) is 15.6 Å². The highest BCUT2D eigenvalue weighted by atomic mass is 16.5. The van der Waals surface area contributed by atoms with Crippen LogP contribution in [-0.2, 0) is 17.9 Å². The van der Waals surface area contributed by atoms with Crippen LogP contribution in [0.5, 0.6) is 5.75 Å². The van der Waals surface area contributed by atoms with E-state index in [1.807, 2.05) is 60.8 Å². The molecule has 0 saturated carbocycles. The second-order valence-electron chi connectivity index (χ2n) is 5.47. The lowest BCUT2D eigenvalue weighted by Gasteiger charge is -2.09. The number of benzene rings is 2. The standard InChI is InChI=1S/C19H19NO3/c21-19(22)10-5-12-20-13-11-16-17(20)8-4-9-18(16)23-14-15-6-2-1-3-7-15/h1-4,6-9,11,13H,5,10,12,14H2,(H,21,22). The number of hydrogen-bond donors (Lipinski definition) is 1. The summed E-state index contributed by atoms with van der Waals surface area (Å²) in [5, 5.41) is 9.80. The molecule has 0 fully saturated rings. The van der Waals surface area contributed by atoms with Gasteiger partial charge in [-0.1, -0.05) is 36.4 Å². The first-order valence-corrected chi connectivity index (χ1v) is 7.70. The minimum Gasteiger partial charge on any atom is -0.488 e. The summed E-state index contributed by atoms with van der Waals surface area (Å²) in [5.74, 6) is 0.0942. The predicted molar refractivity (Wildman–Crippen MR) is 89.6 cm³/mol. The molecule has 4 nitrogen and oxygen atoms in total. The summed E-state index contributed by atoms with van der Waals surface area (Å²) in [6.45, 7) is 1.22. The molecule has 0 saturated heterocycles. The summed E-state index contributed by atoms with van der Waals surface area (Å²) in [4.78, 5) is 10.6. The molecular weight excluding hydrogens is 290 g/mol. The SMILES string of the molecule is O=C(O)CCCn1ccc2c(OCc3ccccc3)cccc21. The van der Waals surface area contributed by atoms with E-state index in [9.17, 15) is 4.79 Å². The van der Waals surface area contributed by atoms with Crippen molar-refractivity contribution in [1.29, 1.82) is 0 Å². The fourth-order valence-electron chi connectivity index (χ4n) is 2.65. The Balaban J connectivity index is 1.74. The normalized spacial score (nSPS) is 10.8. The second kappa shape index (κ2) is 7.01. The summed E-state index contributed by atoms with van der Waals surface area (Å²) in [5.41, 5.74) is 2.20. The van der Waals surface area contributed by atoms with Crippen molar-refractivity contribution in [2.24, 2.45) is 0 Å². The van der Waals surface area contributed by atoms with Gasteiger partial charge in [0, 0.05) is 24.5 Å². The maximum absolute atomic E-state index is 10.6. The van der Waals surface area contributed by atoms with Crippen molar-refractivity contribution in [3.63, 3.8) is 0 Å². The molecule has 4 heteroatoms. The lowest BCUT2D eigenvalue weighted by molar-refractivity contribution is -0.137. The number of aromatic nitrogens is 1. The zero-order valence-electron chi connectivity index (χ0n) is 12.8. The molecule has 3 rings (SSSR count). The lowest BCUT2D eigenvalue weighted by atomic mass is 10.2. The molecular formula is C19H19NO3. The molecule has 0 bridgehead atoms. The van der Waals surface area contributed by atoms with Crippen molar-refractivity contribution in [2.75, 3.05) is 0 Å². The average Bonchev–Trinajstić information content (AvgIpc) is 2.97. The van der Waals surface area contributed by atoms with E-state index in [4.69, 9.17) is 9.84 Å². The molecule has 0 spiro atoms. The summed E-state index contributed by atoms with van der Waals surface area (Å²) >= 11 is 0. The molecule has 118 valence electrons. The van der Waals surface area contributed by atoms with Crippen molar-refractivity contribution in [2.45, 2.75) is 26.0 Å². The van der Waals surface area contributed by atoms with Gasteiger partial charge < -0.3 is 14.4 Å². The third-order valence-electron chi connectivity index (χ3n) is 3.80. The number of carbonyl (C=O) groups is 1. The van der Waals surface area contributed by atoms with Gasteiger partial charge in [-0.2, -0.15) is 0 Å². The third-order valence-corrected chi connectivity index (χ3v) is 3.80. The van der Waals surface area contributed by atoms with Gasteiger partial charge in [-0.05, 0) is 30.2 Å². The second-order valence-corrected chi connectivity index (χ2v) is 5.47. The van der Waals surface area contributed by atoms with Crippen molar-refractivity contribution in [1.82, 2.24) is 4.57 Å². The minimum absolute atomic E-state index is 0.184. The molecule has 0 amide bonds. The van der Waals surface area contributed by atoms with Crippen LogP contribution >= 0.6 is 0 Å². The monoisotopic (exact) mass is 309 g/mol. The smallest absolute Gasteiger partial charge is 0.303 e. The fraction of sp³-hybridized carbons (Fsp3) is 0.211. The molecule has 0 radical (unpaired) electrons. The number of aliphatic carboxylic acids is 1. The fourth-order valence-corrected chi connectivity index (χ4v) is 2.65. The van der Waals surface area contributed by atoms with E-state index in [2.05, 4.69) is 4.57 Å². The van der Waals surface area contributed by atoms with Crippen LogP contribution in [0, 0.1) is 0 Å². The van der Waals surface area contributed by atoms with Gasteiger partial charge in [-0.25, -0.2) is 0 Å². The Hall–Kier alpha value is -2.75. The number of carboxylic acid groups (broad SMARTS) is 1. The van der Waals surface area contributed by atoms with E-state index in [0.717, 1.165) is 22.2 Å². The van der Waals surface area contributed by atoms with Gasteiger partial charge in [0.1, 0.15) is 12.4 Å². The first-order valence-electron chi connectivity index (χ1n) is 7.70. The quantitative estimate of drug-likeness (QED) is 0.715. The largest absolute Gasteiger partial charge is 0.488 e. The van der Waals surface area contributed by atoms with Crippen LogP contribution in [0.3, 0.4) is 0 Å². The van der Waals surface area contributed by atoms with Crippen LogP contribution in [0.4, 0.5) is 0 Å². The number of aryl methyl sites for hydroxylation is 1. The first kappa shape index (κ1) is 15.2. The van der Waals surface area contributed by atoms with E-state index in [1.54, 1.807) is 0 Å². The molecule has 3 aromatic rings. The summed E-state index contributed by atoms with van der Waals surface area (Å²) in [6.07, 6.45) is 2.79. The van der Waals surface area contributed by atoms with Gasteiger partial charge in [0.15, 0.2) is 0 Å². The Labute approximate surface area is 134 Å². The Morgan fingerprint density at radius 1 is 1.04 bits per heavy atom. The van der Waals surface area contributed by atoms with E-state index in [1.165, 1.54) is 0 Å². The predicted octanol–water partition coefficient (Wildman–Crippen LogP) is 4.09. The summed E-state index contributed by atoms with van der Waals surface area (Å²) in [7, 11) is 0. The number of fused-ring (bicyclic) bond motifs is 1. The number of rotatable bonds is 7. The van der Waals surface area contributed by atoms with E-state index >= 15 is 0 Å². The highest BCUT2D eigenvalue weighted by molar-refractivity contribution is 5.86. The van der Waals surface area contributed by atoms with Crippen molar-refractivity contribution >= 4 is 16.9 Å². The van der Waals surface area contributed by atoms with Gasteiger partial charge in [0.2, 0.25) is 0 Å². The van der Waals surface area contributed by atoms with Crippen molar-refractivity contribution < 1.29 is 14.6 Å². The molecule has 1 aromatic heterocycles. The van der Waals surface area contributed by atoms with E-state index in [-0.39, 0.29) is 6.42 Å². The third kappa shape index (κ3) is 3.72. The average molecular weight is 309 g/mol. The molecule has 0 aliphatic carbocycles. The van der Waals surface area contributed by atoms with Crippen LogP contribution in [0.1, 0.15) is 18.4 Å². The molecule has 0 aliphatic rings. The molecule has 23 heavy (non-hydrogen) atoms. The van der Waals surface area contributed by atoms with Gasteiger partial charge in [0.05, 0.1) is 5.52 Å². The number of carboxylic acids is 1. The topological polar surface area (TPSA) is 51.5 Å². The summed E-state index contributed by atoms with van der Waals surface area (Å²) < 4.78 is 8.03. The minimum atomic E-state index is -0.756. The maximum atomic E-state index is 10.6. The summed E-state index contributed by atoms with van der Waals surface area (Å²) in [6, 6.07) is 18.1.